The first-order valence-electron chi connectivity index (χ1n) is 2.49. The Morgan fingerprint density at radius 1 is 1.78 bits per heavy atom. The molecule has 2 amide bonds. The van der Waals surface area contributed by atoms with Crippen molar-refractivity contribution in [3.8, 4) is 0 Å². The third-order valence-corrected chi connectivity index (χ3v) is 0.723. The van der Waals surface area contributed by atoms with E-state index in [9.17, 15) is 4.79 Å². The molecular formula is C4H10N2O3. The van der Waals surface area contributed by atoms with Crippen LogP contribution in [-0.4, -0.2) is 35.5 Å². The number of hydrogen-bond acceptors (Lipinski definition) is 3. The number of primary amides is 1. The van der Waals surface area contributed by atoms with Gasteiger partial charge in [-0.2, -0.15) is 0 Å². The molecule has 54 valence electrons. The van der Waals surface area contributed by atoms with Gasteiger partial charge in [-0.3, -0.25) is 0 Å². The van der Waals surface area contributed by atoms with Gasteiger partial charge in [0, 0.05) is 6.54 Å². The average molecular weight is 134 g/mol. The zero-order valence-electron chi connectivity index (χ0n) is 4.87. The minimum Gasteiger partial charge on any atom is -0.394 e. The quantitative estimate of drug-likeness (QED) is 0.359. The Kier molecular flexibility index (Phi) is 3.74. The minimum absolute atomic E-state index is 0.00810. The van der Waals surface area contributed by atoms with Crippen LogP contribution in [0.1, 0.15) is 0 Å². The summed E-state index contributed by atoms with van der Waals surface area (Å²) in [5.74, 6) is 0. The maximum Gasteiger partial charge on any atom is 0.312 e. The third-order valence-electron chi connectivity index (χ3n) is 0.723. The summed E-state index contributed by atoms with van der Waals surface area (Å²) in [6, 6.07) is -0.706. The summed E-state index contributed by atoms with van der Waals surface area (Å²) in [7, 11) is 0. The van der Waals surface area contributed by atoms with Crippen molar-refractivity contribution in [1.82, 2.24) is 5.32 Å². The van der Waals surface area contributed by atoms with E-state index in [-0.39, 0.29) is 13.2 Å². The SMILES string of the molecule is NC(=O)NCC(O)CO. The van der Waals surface area contributed by atoms with Crippen molar-refractivity contribution in [3.63, 3.8) is 0 Å². The molecule has 0 heterocycles. The Morgan fingerprint density at radius 3 is 2.67 bits per heavy atom. The molecule has 0 spiro atoms. The molecule has 0 saturated carbocycles. The fourth-order valence-electron chi connectivity index (χ4n) is 0.283. The number of hydrogen-bond donors (Lipinski definition) is 4. The van der Waals surface area contributed by atoms with E-state index in [0.717, 1.165) is 0 Å². The highest BCUT2D eigenvalue weighted by Crippen LogP contribution is 1.74. The number of carbonyl (C=O) groups excluding carboxylic acids is 1. The summed E-state index contributed by atoms with van der Waals surface area (Å²) >= 11 is 0. The molecule has 0 aromatic rings. The zero-order valence-corrected chi connectivity index (χ0v) is 4.87. The maximum atomic E-state index is 9.94. The van der Waals surface area contributed by atoms with Gasteiger partial charge in [0.1, 0.15) is 0 Å². The van der Waals surface area contributed by atoms with E-state index in [2.05, 4.69) is 11.1 Å². The molecule has 5 heteroatoms. The van der Waals surface area contributed by atoms with Crippen LogP contribution in [0.25, 0.3) is 0 Å². The Balaban J connectivity index is 3.16. The maximum absolute atomic E-state index is 9.94. The number of urea groups is 1. The molecule has 0 aliphatic rings. The van der Waals surface area contributed by atoms with Gasteiger partial charge >= 0.3 is 6.03 Å². The fourth-order valence-corrected chi connectivity index (χ4v) is 0.283. The lowest BCUT2D eigenvalue weighted by molar-refractivity contribution is 0.0963. The summed E-state index contributed by atoms with van der Waals surface area (Å²) in [6.45, 7) is -0.383. The highest BCUT2D eigenvalue weighted by molar-refractivity contribution is 5.71. The largest absolute Gasteiger partial charge is 0.394 e. The van der Waals surface area contributed by atoms with Crippen molar-refractivity contribution in [2.45, 2.75) is 6.10 Å². The molecule has 1 unspecified atom stereocenters. The highest BCUT2D eigenvalue weighted by atomic mass is 16.3. The van der Waals surface area contributed by atoms with Crippen molar-refractivity contribution >= 4 is 6.03 Å². The molecule has 1 atom stereocenters. The second-order valence-electron chi connectivity index (χ2n) is 1.58. The number of amides is 2. The van der Waals surface area contributed by atoms with Gasteiger partial charge in [0.15, 0.2) is 0 Å². The van der Waals surface area contributed by atoms with E-state index in [4.69, 9.17) is 10.2 Å². The molecule has 5 N–H and O–H groups in total. The van der Waals surface area contributed by atoms with Crippen molar-refractivity contribution in [2.24, 2.45) is 5.73 Å². The molecule has 0 aliphatic heterocycles. The molecule has 0 saturated heterocycles. The summed E-state index contributed by atoms with van der Waals surface area (Å²) in [4.78, 5) is 9.94. The van der Waals surface area contributed by atoms with Crippen LogP contribution in [0.15, 0.2) is 0 Å². The standard InChI is InChI=1S/C4H10N2O3/c5-4(9)6-1-3(8)2-7/h3,7-8H,1-2H2,(H3,5,6,9). The number of aliphatic hydroxyl groups excluding tert-OH is 2. The summed E-state index contributed by atoms with van der Waals surface area (Å²) in [6.07, 6.45) is -0.919. The van der Waals surface area contributed by atoms with Crippen LogP contribution in [0.3, 0.4) is 0 Å². The van der Waals surface area contributed by atoms with Crippen molar-refractivity contribution in [2.75, 3.05) is 13.2 Å². The third kappa shape index (κ3) is 5.05. The van der Waals surface area contributed by atoms with E-state index in [0.29, 0.717) is 0 Å². The summed E-state index contributed by atoms with van der Waals surface area (Å²) < 4.78 is 0. The van der Waals surface area contributed by atoms with Crippen LogP contribution in [-0.2, 0) is 0 Å². The Labute approximate surface area is 52.5 Å². The number of rotatable bonds is 3. The van der Waals surface area contributed by atoms with Gasteiger partial charge in [-0.05, 0) is 0 Å². The Hall–Kier alpha value is -0.810. The van der Waals surface area contributed by atoms with Crippen LogP contribution in [0.5, 0.6) is 0 Å². The Bertz CT molecular complexity index is 95.8. The van der Waals surface area contributed by atoms with Gasteiger partial charge in [0.25, 0.3) is 0 Å². The number of nitrogens with two attached hydrogens (primary N) is 1. The van der Waals surface area contributed by atoms with Gasteiger partial charge < -0.3 is 21.3 Å². The van der Waals surface area contributed by atoms with E-state index >= 15 is 0 Å². The molecule has 0 rings (SSSR count). The molecule has 9 heavy (non-hydrogen) atoms. The lowest BCUT2D eigenvalue weighted by Crippen LogP contribution is -2.37. The van der Waals surface area contributed by atoms with Crippen LogP contribution in [0.4, 0.5) is 4.79 Å². The summed E-state index contributed by atoms with van der Waals surface area (Å²) in [5.41, 5.74) is 4.65. The van der Waals surface area contributed by atoms with Crippen LogP contribution >= 0.6 is 0 Å². The van der Waals surface area contributed by atoms with Crippen LogP contribution < -0.4 is 11.1 Å². The first-order valence-corrected chi connectivity index (χ1v) is 2.49. The van der Waals surface area contributed by atoms with E-state index in [1.165, 1.54) is 0 Å². The molecule has 0 aromatic heterocycles. The second-order valence-corrected chi connectivity index (χ2v) is 1.58. The fraction of sp³-hybridized carbons (Fsp3) is 0.750. The van der Waals surface area contributed by atoms with Gasteiger partial charge in [0.2, 0.25) is 0 Å². The average Bonchev–Trinajstić information content (AvgIpc) is 1.83. The molecule has 0 fully saturated rings. The van der Waals surface area contributed by atoms with Crippen molar-refractivity contribution in [3.05, 3.63) is 0 Å². The van der Waals surface area contributed by atoms with Crippen LogP contribution in [0, 0.1) is 0 Å². The topological polar surface area (TPSA) is 95.6 Å². The normalized spacial score (nSPS) is 12.7. The van der Waals surface area contributed by atoms with E-state index < -0.39 is 12.1 Å². The molecule has 0 aromatic carbocycles. The monoisotopic (exact) mass is 134 g/mol. The molecular weight excluding hydrogens is 124 g/mol. The van der Waals surface area contributed by atoms with Crippen molar-refractivity contribution in [1.29, 1.82) is 0 Å². The van der Waals surface area contributed by atoms with E-state index in [1.807, 2.05) is 0 Å². The van der Waals surface area contributed by atoms with Crippen molar-refractivity contribution < 1.29 is 15.0 Å². The minimum atomic E-state index is -0.919. The first kappa shape index (κ1) is 8.19. The van der Waals surface area contributed by atoms with Gasteiger partial charge in [0.05, 0.1) is 12.7 Å². The smallest absolute Gasteiger partial charge is 0.312 e. The number of carbonyl (C=O) groups is 1. The second kappa shape index (κ2) is 4.11. The van der Waals surface area contributed by atoms with Gasteiger partial charge in [-0.15, -0.1) is 0 Å². The molecule has 5 nitrogen and oxygen atoms in total. The number of nitrogens with one attached hydrogen (secondary N) is 1. The highest BCUT2D eigenvalue weighted by Gasteiger charge is 2.00. The predicted molar refractivity (Wildman–Crippen MR) is 30.7 cm³/mol. The lowest BCUT2D eigenvalue weighted by atomic mass is 10.4. The predicted octanol–water partition coefficient (Wildman–Crippen LogP) is -1.99. The lowest BCUT2D eigenvalue weighted by Gasteiger charge is -2.05. The van der Waals surface area contributed by atoms with E-state index in [1.54, 1.807) is 0 Å². The molecule has 0 radical (unpaired) electrons. The summed E-state index contributed by atoms with van der Waals surface area (Å²) in [5, 5.41) is 18.9. The van der Waals surface area contributed by atoms with Crippen LogP contribution in [0.2, 0.25) is 0 Å². The van der Waals surface area contributed by atoms with Gasteiger partial charge in [-0.25, -0.2) is 4.79 Å². The van der Waals surface area contributed by atoms with Gasteiger partial charge in [-0.1, -0.05) is 0 Å². The molecule has 0 bridgehead atoms. The zero-order chi connectivity index (χ0) is 7.28. The first-order chi connectivity index (χ1) is 4.16. The Morgan fingerprint density at radius 2 is 2.33 bits per heavy atom. The molecule has 0 aliphatic carbocycles. The number of aliphatic hydroxyl groups is 2.